The van der Waals surface area contributed by atoms with Gasteiger partial charge in [0.15, 0.2) is 0 Å². The highest BCUT2D eigenvalue weighted by atomic mass is 35.5. The molecule has 100 valence electrons. The van der Waals surface area contributed by atoms with Crippen LogP contribution in [0.4, 0.5) is 0 Å². The van der Waals surface area contributed by atoms with Crippen LogP contribution in [0, 0.1) is 6.92 Å². The Morgan fingerprint density at radius 3 is 2.53 bits per heavy atom. The van der Waals surface area contributed by atoms with E-state index in [4.69, 9.17) is 23.2 Å². The van der Waals surface area contributed by atoms with Gasteiger partial charge in [-0.05, 0) is 43.3 Å². The predicted octanol–water partition coefficient (Wildman–Crippen LogP) is 4.20. The number of benzene rings is 1. The molecular weight excluding hydrogens is 279 g/mol. The second-order valence-electron chi connectivity index (χ2n) is 4.55. The average Bonchev–Trinajstić information content (AvgIpc) is 2.41. The lowest BCUT2D eigenvalue weighted by atomic mass is 10.0. The van der Waals surface area contributed by atoms with Crippen LogP contribution in [0.5, 0.6) is 0 Å². The number of aromatic nitrogens is 1. The molecule has 1 aromatic heterocycles. The smallest absolute Gasteiger partial charge is 0.0595 e. The number of halogens is 2. The molecule has 1 heterocycles. The van der Waals surface area contributed by atoms with Crippen LogP contribution in [0.25, 0.3) is 0 Å². The van der Waals surface area contributed by atoms with Gasteiger partial charge >= 0.3 is 0 Å². The SMILES string of the molecule is CNC(Cc1ccc(C)cn1)c1ccc(Cl)c(Cl)c1. The third kappa shape index (κ3) is 3.69. The van der Waals surface area contributed by atoms with E-state index in [0.717, 1.165) is 17.7 Å². The Kier molecular flexibility index (Phi) is 4.81. The molecule has 1 atom stereocenters. The topological polar surface area (TPSA) is 24.9 Å². The molecule has 0 aliphatic heterocycles. The number of rotatable bonds is 4. The predicted molar refractivity (Wildman–Crippen MR) is 80.9 cm³/mol. The lowest BCUT2D eigenvalue weighted by molar-refractivity contribution is 0.584. The number of nitrogens with zero attached hydrogens (tertiary/aromatic N) is 1. The highest BCUT2D eigenvalue weighted by Crippen LogP contribution is 2.26. The van der Waals surface area contributed by atoms with Crippen LogP contribution in [0.3, 0.4) is 0 Å². The molecule has 0 aliphatic rings. The van der Waals surface area contributed by atoms with Crippen molar-refractivity contribution >= 4 is 23.2 Å². The number of hydrogen-bond donors (Lipinski definition) is 1. The molecule has 0 bridgehead atoms. The normalized spacial score (nSPS) is 12.4. The Morgan fingerprint density at radius 1 is 1.16 bits per heavy atom. The molecule has 2 nitrogen and oxygen atoms in total. The zero-order chi connectivity index (χ0) is 13.8. The number of nitrogens with one attached hydrogen (secondary N) is 1. The van der Waals surface area contributed by atoms with Crippen LogP contribution in [-0.2, 0) is 6.42 Å². The number of likely N-dealkylation sites (N-methyl/N-ethyl adjacent to an activating group) is 1. The van der Waals surface area contributed by atoms with Crippen molar-refractivity contribution in [3.63, 3.8) is 0 Å². The molecule has 2 aromatic rings. The molecule has 1 unspecified atom stereocenters. The van der Waals surface area contributed by atoms with Crippen LogP contribution in [0.2, 0.25) is 10.0 Å². The van der Waals surface area contributed by atoms with Gasteiger partial charge in [0.1, 0.15) is 0 Å². The van der Waals surface area contributed by atoms with Crippen molar-refractivity contribution in [1.82, 2.24) is 10.3 Å². The zero-order valence-corrected chi connectivity index (χ0v) is 12.5. The van der Waals surface area contributed by atoms with Crippen LogP contribution >= 0.6 is 23.2 Å². The van der Waals surface area contributed by atoms with Crippen molar-refractivity contribution in [2.24, 2.45) is 0 Å². The fraction of sp³-hybridized carbons (Fsp3) is 0.267. The van der Waals surface area contributed by atoms with Crippen molar-refractivity contribution in [1.29, 1.82) is 0 Å². The minimum atomic E-state index is 0.171. The first-order valence-electron chi connectivity index (χ1n) is 6.14. The molecule has 0 saturated heterocycles. The molecule has 0 fully saturated rings. The number of pyridine rings is 1. The molecule has 0 aliphatic carbocycles. The Balaban J connectivity index is 2.19. The van der Waals surface area contributed by atoms with E-state index in [0.29, 0.717) is 10.0 Å². The monoisotopic (exact) mass is 294 g/mol. The molecule has 2 rings (SSSR count). The summed E-state index contributed by atoms with van der Waals surface area (Å²) >= 11 is 12.0. The summed E-state index contributed by atoms with van der Waals surface area (Å²) in [6.07, 6.45) is 2.70. The van der Waals surface area contributed by atoms with E-state index < -0.39 is 0 Å². The summed E-state index contributed by atoms with van der Waals surface area (Å²) in [4.78, 5) is 4.43. The van der Waals surface area contributed by atoms with Crippen LogP contribution in [0.15, 0.2) is 36.5 Å². The molecule has 19 heavy (non-hydrogen) atoms. The first-order chi connectivity index (χ1) is 9.10. The summed E-state index contributed by atoms with van der Waals surface area (Å²) in [5.74, 6) is 0. The largest absolute Gasteiger partial charge is 0.313 e. The van der Waals surface area contributed by atoms with E-state index in [2.05, 4.69) is 22.4 Å². The second kappa shape index (κ2) is 6.38. The maximum atomic E-state index is 6.06. The van der Waals surface area contributed by atoms with Crippen molar-refractivity contribution in [3.05, 3.63) is 63.4 Å². The molecule has 1 N–H and O–H groups in total. The van der Waals surface area contributed by atoms with Crippen molar-refractivity contribution in [2.45, 2.75) is 19.4 Å². The van der Waals surface area contributed by atoms with Gasteiger partial charge in [-0.25, -0.2) is 0 Å². The summed E-state index contributed by atoms with van der Waals surface area (Å²) in [5.41, 5.74) is 3.33. The van der Waals surface area contributed by atoms with Crippen molar-refractivity contribution < 1.29 is 0 Å². The highest BCUT2D eigenvalue weighted by Gasteiger charge is 2.12. The molecular formula is C15H16Cl2N2. The lowest BCUT2D eigenvalue weighted by Crippen LogP contribution is -2.19. The van der Waals surface area contributed by atoms with Gasteiger partial charge in [-0.15, -0.1) is 0 Å². The minimum Gasteiger partial charge on any atom is -0.313 e. The number of hydrogen-bond acceptors (Lipinski definition) is 2. The highest BCUT2D eigenvalue weighted by molar-refractivity contribution is 6.42. The van der Waals surface area contributed by atoms with Gasteiger partial charge in [0.2, 0.25) is 0 Å². The average molecular weight is 295 g/mol. The summed E-state index contributed by atoms with van der Waals surface area (Å²) in [5, 5.41) is 4.44. The third-order valence-corrected chi connectivity index (χ3v) is 3.82. The fourth-order valence-electron chi connectivity index (χ4n) is 1.94. The maximum Gasteiger partial charge on any atom is 0.0595 e. The van der Waals surface area contributed by atoms with E-state index in [1.54, 1.807) is 0 Å². The summed E-state index contributed by atoms with van der Waals surface area (Å²) in [6, 6.07) is 10.0. The standard InChI is InChI=1S/C15H16Cl2N2/c1-10-3-5-12(19-9-10)8-15(18-2)11-4-6-13(16)14(17)7-11/h3-7,9,15,18H,8H2,1-2H3. The molecule has 1 aromatic carbocycles. The van der Waals surface area contributed by atoms with Gasteiger partial charge < -0.3 is 5.32 Å². The zero-order valence-electron chi connectivity index (χ0n) is 11.0. The van der Waals surface area contributed by atoms with Crippen molar-refractivity contribution in [2.75, 3.05) is 7.05 Å². The summed E-state index contributed by atoms with van der Waals surface area (Å²) in [7, 11) is 1.93. The fourth-order valence-corrected chi connectivity index (χ4v) is 2.25. The minimum absolute atomic E-state index is 0.171. The van der Waals surface area contributed by atoms with E-state index in [-0.39, 0.29) is 6.04 Å². The van der Waals surface area contributed by atoms with Crippen molar-refractivity contribution in [3.8, 4) is 0 Å². The van der Waals surface area contributed by atoms with E-state index in [1.807, 2.05) is 38.4 Å². The number of aryl methyl sites for hydroxylation is 1. The van der Waals surface area contributed by atoms with Gasteiger partial charge in [0.25, 0.3) is 0 Å². The van der Waals surface area contributed by atoms with Gasteiger partial charge in [-0.2, -0.15) is 0 Å². The summed E-state index contributed by atoms with van der Waals surface area (Å²) in [6.45, 7) is 2.03. The lowest BCUT2D eigenvalue weighted by Gasteiger charge is -2.17. The first-order valence-corrected chi connectivity index (χ1v) is 6.89. The van der Waals surface area contributed by atoms with E-state index in [9.17, 15) is 0 Å². The Morgan fingerprint density at radius 2 is 1.95 bits per heavy atom. The van der Waals surface area contributed by atoms with E-state index in [1.165, 1.54) is 5.56 Å². The Labute approximate surface area is 123 Å². The van der Waals surface area contributed by atoms with Crippen LogP contribution < -0.4 is 5.32 Å². The van der Waals surface area contributed by atoms with Crippen LogP contribution in [-0.4, -0.2) is 12.0 Å². The Hall–Kier alpha value is -1.09. The first kappa shape index (κ1) is 14.3. The quantitative estimate of drug-likeness (QED) is 0.914. The van der Waals surface area contributed by atoms with Crippen LogP contribution in [0.1, 0.15) is 22.9 Å². The maximum absolute atomic E-state index is 6.06. The summed E-state index contributed by atoms with van der Waals surface area (Å²) < 4.78 is 0. The molecule has 0 amide bonds. The molecule has 0 saturated carbocycles. The van der Waals surface area contributed by atoms with Gasteiger partial charge in [0, 0.05) is 24.4 Å². The van der Waals surface area contributed by atoms with Gasteiger partial charge in [-0.3, -0.25) is 4.98 Å². The Bertz CT molecular complexity index is 553. The third-order valence-electron chi connectivity index (χ3n) is 3.08. The molecule has 0 spiro atoms. The molecule has 4 heteroatoms. The second-order valence-corrected chi connectivity index (χ2v) is 5.36. The van der Waals surface area contributed by atoms with E-state index >= 15 is 0 Å². The van der Waals surface area contributed by atoms with Gasteiger partial charge in [0.05, 0.1) is 10.0 Å². The van der Waals surface area contributed by atoms with Gasteiger partial charge in [-0.1, -0.05) is 35.3 Å². The molecule has 0 radical (unpaired) electrons.